The number of benzene rings is 1. The third kappa shape index (κ3) is 5.53. The minimum atomic E-state index is -3.08. The summed E-state index contributed by atoms with van der Waals surface area (Å²) in [5.74, 6) is 0.103. The number of hydrogen-bond donors (Lipinski definition) is 0. The molecular weight excluding hydrogens is 341 g/mol. The van der Waals surface area contributed by atoms with E-state index in [1.54, 1.807) is 17.9 Å². The monoisotopic (exact) mass is 369 g/mol. The van der Waals surface area contributed by atoms with Gasteiger partial charge in [-0.1, -0.05) is 26.0 Å². The Labute approximate surface area is 150 Å². The maximum absolute atomic E-state index is 13.6. The van der Waals surface area contributed by atoms with Crippen molar-refractivity contribution in [2.24, 2.45) is 5.92 Å². The summed E-state index contributed by atoms with van der Waals surface area (Å²) in [6, 6.07) is 5.05. The highest BCUT2D eigenvalue weighted by Crippen LogP contribution is 2.21. The van der Waals surface area contributed by atoms with Crippen LogP contribution < -0.4 is 0 Å². The van der Waals surface area contributed by atoms with E-state index < -0.39 is 9.84 Å². The topological polar surface area (TPSA) is 54.5 Å². The molecule has 0 radical (unpaired) electrons. The first-order chi connectivity index (χ1) is 11.7. The summed E-state index contributed by atoms with van der Waals surface area (Å²) in [7, 11) is -3.08. The average Bonchev–Trinajstić information content (AvgIpc) is 2.54. The molecular formula is C19H28FNO3S. The number of carbonyl (C=O) groups is 1. The fourth-order valence-electron chi connectivity index (χ4n) is 3.27. The Hall–Kier alpha value is -1.43. The molecule has 1 amide bonds. The van der Waals surface area contributed by atoms with Gasteiger partial charge in [-0.05, 0) is 49.3 Å². The smallest absolute Gasteiger partial charge is 0.222 e. The Morgan fingerprint density at radius 1 is 1.28 bits per heavy atom. The number of nitrogens with zero attached hydrogens (tertiary/aromatic N) is 1. The van der Waals surface area contributed by atoms with Crippen LogP contribution in [-0.2, 0) is 21.1 Å². The van der Waals surface area contributed by atoms with Crippen molar-refractivity contribution in [2.45, 2.75) is 51.7 Å². The first-order valence-corrected chi connectivity index (χ1v) is 10.6. The number of carbonyl (C=O) groups excluding carboxylic acids is 1. The van der Waals surface area contributed by atoms with Crippen LogP contribution in [-0.4, -0.2) is 43.3 Å². The van der Waals surface area contributed by atoms with E-state index in [2.05, 4.69) is 0 Å². The molecule has 1 fully saturated rings. The molecule has 1 saturated heterocycles. The maximum atomic E-state index is 13.6. The second kappa shape index (κ2) is 8.30. The van der Waals surface area contributed by atoms with Crippen molar-refractivity contribution in [1.29, 1.82) is 0 Å². The largest absolute Gasteiger partial charge is 0.343 e. The van der Waals surface area contributed by atoms with Crippen LogP contribution in [0.1, 0.15) is 44.2 Å². The van der Waals surface area contributed by atoms with Gasteiger partial charge in [-0.15, -0.1) is 0 Å². The Morgan fingerprint density at radius 3 is 2.48 bits per heavy atom. The van der Waals surface area contributed by atoms with Gasteiger partial charge in [0.15, 0.2) is 9.84 Å². The van der Waals surface area contributed by atoms with E-state index in [1.165, 1.54) is 6.07 Å². The second-order valence-electron chi connectivity index (χ2n) is 7.39. The quantitative estimate of drug-likeness (QED) is 0.774. The van der Waals surface area contributed by atoms with Crippen molar-refractivity contribution < 1.29 is 17.6 Å². The summed E-state index contributed by atoms with van der Waals surface area (Å²) in [4.78, 5) is 14.1. The summed E-state index contributed by atoms with van der Waals surface area (Å²) < 4.78 is 38.2. The fraction of sp³-hybridized carbons (Fsp3) is 0.632. The van der Waals surface area contributed by atoms with Gasteiger partial charge in [-0.25, -0.2) is 12.8 Å². The van der Waals surface area contributed by atoms with E-state index in [9.17, 15) is 17.6 Å². The normalized spacial score (nSPS) is 16.4. The molecule has 1 aromatic carbocycles. The molecule has 0 unspecified atom stereocenters. The summed E-state index contributed by atoms with van der Waals surface area (Å²) in [5.41, 5.74) is 1.41. The lowest BCUT2D eigenvalue weighted by atomic mass is 10.1. The minimum absolute atomic E-state index is 0.0145. The highest BCUT2D eigenvalue weighted by atomic mass is 32.2. The number of aryl methyl sites for hydroxylation is 2. The van der Waals surface area contributed by atoms with Crippen molar-refractivity contribution in [1.82, 2.24) is 4.90 Å². The molecule has 1 aromatic rings. The van der Waals surface area contributed by atoms with Gasteiger partial charge in [0.25, 0.3) is 0 Å². The van der Waals surface area contributed by atoms with E-state index in [4.69, 9.17) is 0 Å². The van der Waals surface area contributed by atoms with E-state index in [0.717, 1.165) is 5.56 Å². The molecule has 1 aliphatic rings. The molecule has 4 nitrogen and oxygen atoms in total. The van der Waals surface area contributed by atoms with Gasteiger partial charge in [0.05, 0.1) is 11.0 Å². The van der Waals surface area contributed by atoms with Gasteiger partial charge >= 0.3 is 0 Å². The maximum Gasteiger partial charge on any atom is 0.222 e. The minimum Gasteiger partial charge on any atom is -0.343 e. The van der Waals surface area contributed by atoms with Crippen LogP contribution in [0.15, 0.2) is 18.2 Å². The highest BCUT2D eigenvalue weighted by Gasteiger charge is 2.31. The van der Waals surface area contributed by atoms with Gasteiger partial charge in [-0.3, -0.25) is 4.79 Å². The molecule has 0 bridgehead atoms. The molecule has 0 spiro atoms. The second-order valence-corrected chi connectivity index (χ2v) is 9.71. The van der Waals surface area contributed by atoms with Crippen LogP contribution in [0.4, 0.5) is 4.39 Å². The molecule has 0 aromatic heterocycles. The van der Waals surface area contributed by atoms with Crippen LogP contribution in [0.25, 0.3) is 0 Å². The third-order valence-electron chi connectivity index (χ3n) is 4.73. The van der Waals surface area contributed by atoms with Gasteiger partial charge in [-0.2, -0.15) is 0 Å². The standard InChI is InChI=1S/C19H28FNO3S/c1-14(2)13-25(23,24)17-8-10-21(11-9-17)19(22)7-6-16-5-4-15(3)18(20)12-16/h4-5,12,14,17H,6-11,13H2,1-3H3. The lowest BCUT2D eigenvalue weighted by Gasteiger charge is -2.32. The average molecular weight is 370 g/mol. The van der Waals surface area contributed by atoms with Gasteiger partial charge in [0.1, 0.15) is 5.82 Å². The summed E-state index contributed by atoms with van der Waals surface area (Å²) in [6.45, 7) is 6.50. The Morgan fingerprint density at radius 2 is 1.92 bits per heavy atom. The predicted octanol–water partition coefficient (Wildman–Crippen LogP) is 3.13. The predicted molar refractivity (Wildman–Crippen MR) is 97.7 cm³/mol. The zero-order chi connectivity index (χ0) is 18.6. The summed E-state index contributed by atoms with van der Waals surface area (Å²) in [6.07, 6.45) is 1.85. The SMILES string of the molecule is Cc1ccc(CCC(=O)N2CCC(S(=O)(=O)CC(C)C)CC2)cc1F. The van der Waals surface area contributed by atoms with E-state index >= 15 is 0 Å². The number of sulfone groups is 1. The summed E-state index contributed by atoms with van der Waals surface area (Å²) >= 11 is 0. The number of piperidine rings is 1. The fourth-order valence-corrected chi connectivity index (χ4v) is 5.40. The summed E-state index contributed by atoms with van der Waals surface area (Å²) in [5, 5.41) is -0.329. The van der Waals surface area contributed by atoms with Crippen molar-refractivity contribution in [3.63, 3.8) is 0 Å². The zero-order valence-corrected chi connectivity index (χ0v) is 16.1. The first-order valence-electron chi connectivity index (χ1n) is 8.93. The van der Waals surface area contributed by atoms with Crippen LogP contribution in [0.2, 0.25) is 0 Å². The number of halogens is 1. The van der Waals surface area contributed by atoms with Crippen molar-refractivity contribution in [3.05, 3.63) is 35.1 Å². The van der Waals surface area contributed by atoms with Gasteiger partial charge in [0, 0.05) is 19.5 Å². The van der Waals surface area contributed by atoms with Crippen LogP contribution in [0.5, 0.6) is 0 Å². The van der Waals surface area contributed by atoms with Crippen molar-refractivity contribution in [2.75, 3.05) is 18.8 Å². The van der Waals surface area contributed by atoms with Crippen molar-refractivity contribution >= 4 is 15.7 Å². The molecule has 25 heavy (non-hydrogen) atoms. The molecule has 0 N–H and O–H groups in total. The molecule has 140 valence electrons. The zero-order valence-electron chi connectivity index (χ0n) is 15.3. The molecule has 1 aliphatic heterocycles. The number of rotatable bonds is 6. The van der Waals surface area contributed by atoms with Crippen LogP contribution in [0, 0.1) is 18.7 Å². The van der Waals surface area contributed by atoms with E-state index in [1.807, 2.05) is 19.9 Å². The van der Waals surface area contributed by atoms with Crippen LogP contribution >= 0.6 is 0 Å². The highest BCUT2D eigenvalue weighted by molar-refractivity contribution is 7.92. The van der Waals surface area contributed by atoms with Crippen molar-refractivity contribution in [3.8, 4) is 0 Å². The lowest BCUT2D eigenvalue weighted by molar-refractivity contribution is -0.132. The molecule has 6 heteroatoms. The Balaban J connectivity index is 1.84. The molecule has 1 heterocycles. The number of likely N-dealkylation sites (tertiary alicyclic amines) is 1. The van der Waals surface area contributed by atoms with Crippen LogP contribution in [0.3, 0.4) is 0 Å². The Kier molecular flexibility index (Phi) is 6.60. The molecule has 0 saturated carbocycles. The molecule has 2 rings (SSSR count). The number of amides is 1. The first kappa shape index (κ1) is 19.9. The van der Waals surface area contributed by atoms with Gasteiger partial charge < -0.3 is 4.90 Å². The molecule has 0 aliphatic carbocycles. The Bertz CT molecular complexity index is 707. The molecule has 0 atom stereocenters. The lowest BCUT2D eigenvalue weighted by Crippen LogP contribution is -2.43. The van der Waals surface area contributed by atoms with Gasteiger partial charge in [0.2, 0.25) is 5.91 Å². The number of hydrogen-bond acceptors (Lipinski definition) is 3. The van der Waals surface area contributed by atoms with E-state index in [-0.39, 0.29) is 28.6 Å². The van der Waals surface area contributed by atoms with E-state index in [0.29, 0.717) is 44.3 Å². The third-order valence-corrected chi connectivity index (χ3v) is 7.35.